The predicted molar refractivity (Wildman–Crippen MR) is 58.4 cm³/mol. The molecular weight excluding hydrogens is 210 g/mol. The Morgan fingerprint density at radius 3 is 2.44 bits per heavy atom. The van der Waals surface area contributed by atoms with Crippen LogP contribution in [0.25, 0.3) is 0 Å². The molecule has 0 saturated carbocycles. The van der Waals surface area contributed by atoms with Crippen molar-refractivity contribution in [2.75, 3.05) is 11.9 Å². The Kier molecular flexibility index (Phi) is 3.88. The molecule has 0 saturated heterocycles. The molecule has 0 aliphatic carbocycles. The smallest absolute Gasteiger partial charge is 0.319 e. The summed E-state index contributed by atoms with van der Waals surface area (Å²) in [6.45, 7) is 1.77. The van der Waals surface area contributed by atoms with E-state index in [1.54, 1.807) is 6.07 Å². The van der Waals surface area contributed by atoms with E-state index < -0.39 is 17.9 Å². The van der Waals surface area contributed by atoms with Gasteiger partial charge in [0.2, 0.25) is 0 Å². The largest absolute Gasteiger partial charge is 0.481 e. The maximum atomic E-state index is 10.6. The second kappa shape index (κ2) is 5.16. The van der Waals surface area contributed by atoms with Crippen molar-refractivity contribution in [3.8, 4) is 0 Å². The van der Waals surface area contributed by atoms with Crippen LogP contribution in [0.2, 0.25) is 0 Å². The minimum absolute atomic E-state index is 0.131. The van der Waals surface area contributed by atoms with E-state index in [4.69, 9.17) is 10.2 Å². The van der Waals surface area contributed by atoms with E-state index in [1.807, 2.05) is 25.1 Å². The predicted octanol–water partition coefficient (Wildman–Crippen LogP) is 1.19. The number of hydrogen-bond acceptors (Lipinski definition) is 3. The van der Waals surface area contributed by atoms with Crippen molar-refractivity contribution in [1.82, 2.24) is 0 Å². The molecule has 0 bridgehead atoms. The van der Waals surface area contributed by atoms with Crippen LogP contribution in [0, 0.1) is 12.8 Å². The monoisotopic (exact) mass is 223 g/mol. The number of carboxylic acids is 2. The summed E-state index contributed by atoms with van der Waals surface area (Å²) in [7, 11) is 0. The topological polar surface area (TPSA) is 86.6 Å². The minimum atomic E-state index is -1.43. The van der Waals surface area contributed by atoms with Crippen molar-refractivity contribution in [3.63, 3.8) is 0 Å². The molecule has 1 aromatic rings. The van der Waals surface area contributed by atoms with Gasteiger partial charge in [-0.15, -0.1) is 0 Å². The van der Waals surface area contributed by atoms with Gasteiger partial charge in [0.25, 0.3) is 0 Å². The van der Waals surface area contributed by atoms with E-state index in [-0.39, 0.29) is 6.54 Å². The summed E-state index contributed by atoms with van der Waals surface area (Å²) in [6, 6.07) is 7.29. The van der Waals surface area contributed by atoms with Gasteiger partial charge in [-0.2, -0.15) is 0 Å². The first-order valence-electron chi connectivity index (χ1n) is 4.77. The molecule has 0 aliphatic heterocycles. The molecule has 5 heteroatoms. The van der Waals surface area contributed by atoms with Crippen LogP contribution in [0.1, 0.15) is 5.56 Å². The van der Waals surface area contributed by atoms with Crippen molar-refractivity contribution >= 4 is 17.6 Å². The summed E-state index contributed by atoms with van der Waals surface area (Å²) in [5, 5.41) is 20.1. The molecule has 5 nitrogen and oxygen atoms in total. The van der Waals surface area contributed by atoms with Crippen molar-refractivity contribution in [1.29, 1.82) is 0 Å². The fourth-order valence-corrected chi connectivity index (χ4v) is 1.26. The molecule has 0 heterocycles. The van der Waals surface area contributed by atoms with Crippen molar-refractivity contribution < 1.29 is 19.8 Å². The highest BCUT2D eigenvalue weighted by Crippen LogP contribution is 2.10. The van der Waals surface area contributed by atoms with Gasteiger partial charge in [-0.05, 0) is 24.6 Å². The first-order valence-corrected chi connectivity index (χ1v) is 4.77. The van der Waals surface area contributed by atoms with Crippen molar-refractivity contribution in [3.05, 3.63) is 29.8 Å². The summed E-state index contributed by atoms with van der Waals surface area (Å²) in [5.74, 6) is -4.11. The standard InChI is InChI=1S/C11H13NO4/c1-7-3-2-4-8(5-7)12-6-9(10(13)14)11(15)16/h2-5,9,12H,6H2,1H3,(H,13,14)(H,15,16). The van der Waals surface area contributed by atoms with Crippen LogP contribution >= 0.6 is 0 Å². The quantitative estimate of drug-likeness (QED) is 0.653. The molecule has 0 unspecified atom stereocenters. The molecular formula is C11H13NO4. The Balaban J connectivity index is 2.62. The minimum Gasteiger partial charge on any atom is -0.481 e. The molecule has 0 fully saturated rings. The Bertz CT molecular complexity index is 389. The first-order chi connectivity index (χ1) is 7.50. The van der Waals surface area contributed by atoms with Crippen LogP contribution in [0.5, 0.6) is 0 Å². The average Bonchev–Trinajstić information content (AvgIpc) is 2.16. The van der Waals surface area contributed by atoms with Crippen LogP contribution in [0.3, 0.4) is 0 Å². The third-order valence-electron chi connectivity index (χ3n) is 2.12. The lowest BCUT2D eigenvalue weighted by molar-refractivity contribution is -0.153. The summed E-state index contributed by atoms with van der Waals surface area (Å²) in [5.41, 5.74) is 1.74. The SMILES string of the molecule is Cc1cccc(NCC(C(=O)O)C(=O)O)c1. The molecule has 0 atom stereocenters. The van der Waals surface area contributed by atoms with Gasteiger partial charge in [-0.1, -0.05) is 12.1 Å². The summed E-state index contributed by atoms with van der Waals surface area (Å²) in [6.07, 6.45) is 0. The van der Waals surface area contributed by atoms with E-state index in [9.17, 15) is 9.59 Å². The Hall–Kier alpha value is -2.04. The number of aliphatic carboxylic acids is 2. The number of carboxylic acid groups (broad SMARTS) is 2. The highest BCUT2D eigenvalue weighted by molar-refractivity contribution is 5.93. The maximum absolute atomic E-state index is 10.6. The second-order valence-corrected chi connectivity index (χ2v) is 3.48. The van der Waals surface area contributed by atoms with Crippen LogP contribution in [-0.4, -0.2) is 28.7 Å². The fourth-order valence-electron chi connectivity index (χ4n) is 1.26. The number of carbonyl (C=O) groups is 2. The van der Waals surface area contributed by atoms with Crippen LogP contribution in [0.4, 0.5) is 5.69 Å². The molecule has 1 rings (SSSR count). The molecule has 0 spiro atoms. The van der Waals surface area contributed by atoms with E-state index in [0.29, 0.717) is 5.69 Å². The fraction of sp³-hybridized carbons (Fsp3) is 0.273. The number of anilines is 1. The summed E-state index contributed by atoms with van der Waals surface area (Å²) < 4.78 is 0. The molecule has 0 aromatic heterocycles. The number of rotatable bonds is 5. The lowest BCUT2D eigenvalue weighted by Crippen LogP contribution is -2.30. The van der Waals surface area contributed by atoms with Gasteiger partial charge in [0.1, 0.15) is 0 Å². The molecule has 0 aliphatic rings. The normalized spacial score (nSPS) is 10.1. The Labute approximate surface area is 92.7 Å². The molecule has 0 radical (unpaired) electrons. The third-order valence-corrected chi connectivity index (χ3v) is 2.12. The van der Waals surface area contributed by atoms with Gasteiger partial charge < -0.3 is 15.5 Å². The zero-order valence-corrected chi connectivity index (χ0v) is 8.80. The van der Waals surface area contributed by atoms with Gasteiger partial charge in [-0.3, -0.25) is 9.59 Å². The van der Waals surface area contributed by atoms with Gasteiger partial charge >= 0.3 is 11.9 Å². The number of benzene rings is 1. The lowest BCUT2D eigenvalue weighted by Gasteiger charge is -2.10. The van der Waals surface area contributed by atoms with Crippen molar-refractivity contribution in [2.45, 2.75) is 6.92 Å². The van der Waals surface area contributed by atoms with Crippen LogP contribution in [-0.2, 0) is 9.59 Å². The Morgan fingerprint density at radius 2 is 1.94 bits per heavy atom. The Morgan fingerprint density at radius 1 is 1.31 bits per heavy atom. The molecule has 16 heavy (non-hydrogen) atoms. The highest BCUT2D eigenvalue weighted by atomic mass is 16.4. The molecule has 1 aromatic carbocycles. The number of hydrogen-bond donors (Lipinski definition) is 3. The second-order valence-electron chi connectivity index (χ2n) is 3.48. The molecule has 0 amide bonds. The zero-order chi connectivity index (χ0) is 12.1. The highest BCUT2D eigenvalue weighted by Gasteiger charge is 2.25. The summed E-state index contributed by atoms with van der Waals surface area (Å²) >= 11 is 0. The van der Waals surface area contributed by atoms with E-state index in [0.717, 1.165) is 5.56 Å². The van der Waals surface area contributed by atoms with E-state index in [2.05, 4.69) is 5.32 Å². The summed E-state index contributed by atoms with van der Waals surface area (Å²) in [4.78, 5) is 21.2. The van der Waals surface area contributed by atoms with Gasteiger partial charge in [0, 0.05) is 12.2 Å². The number of nitrogens with one attached hydrogen (secondary N) is 1. The zero-order valence-electron chi connectivity index (χ0n) is 8.80. The number of aryl methyl sites for hydroxylation is 1. The van der Waals surface area contributed by atoms with E-state index in [1.165, 1.54) is 0 Å². The van der Waals surface area contributed by atoms with Gasteiger partial charge in [0.05, 0.1) is 0 Å². The molecule has 3 N–H and O–H groups in total. The molecule has 86 valence electrons. The maximum Gasteiger partial charge on any atom is 0.319 e. The van der Waals surface area contributed by atoms with E-state index >= 15 is 0 Å². The van der Waals surface area contributed by atoms with Crippen LogP contribution < -0.4 is 5.32 Å². The van der Waals surface area contributed by atoms with Gasteiger partial charge in [0.15, 0.2) is 5.92 Å². The van der Waals surface area contributed by atoms with Gasteiger partial charge in [-0.25, -0.2) is 0 Å². The van der Waals surface area contributed by atoms with Crippen LogP contribution in [0.15, 0.2) is 24.3 Å². The lowest BCUT2D eigenvalue weighted by atomic mass is 10.1. The first kappa shape index (κ1) is 12.0. The van der Waals surface area contributed by atoms with Crippen molar-refractivity contribution in [2.24, 2.45) is 5.92 Å². The third kappa shape index (κ3) is 3.27. The average molecular weight is 223 g/mol.